The number of ether oxygens (including phenoxy) is 2. The summed E-state index contributed by atoms with van der Waals surface area (Å²) in [7, 11) is 1.27. The second-order valence-electron chi connectivity index (χ2n) is 5.75. The monoisotopic (exact) mass is 416 g/mol. The summed E-state index contributed by atoms with van der Waals surface area (Å²) < 4.78 is 35.7. The summed E-state index contributed by atoms with van der Waals surface area (Å²) >= 11 is 6.04. The van der Waals surface area contributed by atoms with Crippen molar-refractivity contribution in [2.75, 3.05) is 12.1 Å². The molecule has 0 aliphatic rings. The molecule has 2 aromatic rings. The molecule has 0 spiro atoms. The molecule has 2 aromatic carbocycles. The molecule has 11 heteroatoms. The van der Waals surface area contributed by atoms with Gasteiger partial charge in [-0.25, -0.2) is 21.5 Å². The van der Waals surface area contributed by atoms with Gasteiger partial charge in [-0.15, -0.1) is 0 Å². The fourth-order valence-electron chi connectivity index (χ4n) is 2.31. The lowest BCUT2D eigenvalue weighted by Gasteiger charge is -2.24. The van der Waals surface area contributed by atoms with Crippen LogP contribution in [0.2, 0.25) is 5.02 Å². The lowest BCUT2D eigenvalue weighted by Crippen LogP contribution is -2.49. The molecule has 2 amide bonds. The average Bonchev–Trinajstić information content (AvgIpc) is 2.62. The van der Waals surface area contributed by atoms with Gasteiger partial charge in [0.05, 0.1) is 16.3 Å². The molecular weight excluding hydrogens is 398 g/mol. The number of aryl methyl sites for hydroxylation is 1. The highest BCUT2D eigenvalue weighted by Gasteiger charge is 2.22. The summed E-state index contributed by atoms with van der Waals surface area (Å²) in [6, 6.07) is 6.06. The number of amides is 2. The first kappa shape index (κ1) is 21.5. The van der Waals surface area contributed by atoms with Crippen molar-refractivity contribution in [1.29, 1.82) is 0 Å². The van der Waals surface area contributed by atoms with Crippen molar-refractivity contribution in [2.24, 2.45) is 11.7 Å². The molecule has 0 saturated heterocycles. The lowest BCUT2D eigenvalue weighted by atomic mass is 10.1. The van der Waals surface area contributed by atoms with E-state index in [-0.39, 0.29) is 40.1 Å². The van der Waals surface area contributed by atoms with Gasteiger partial charge in [0.15, 0.2) is 0 Å². The zero-order chi connectivity index (χ0) is 21.0. The Balaban J connectivity index is 2.42. The smallest absolute Gasteiger partial charge is 0.387 e. The molecular formula is C17H19ClF2N4O4. The predicted molar refractivity (Wildman–Crippen MR) is 99.3 cm³/mol. The summed E-state index contributed by atoms with van der Waals surface area (Å²) in [6.07, 6.45) is 0. The number of nitrogens with zero attached hydrogens (tertiary/aromatic N) is 2. The van der Waals surface area contributed by atoms with Crippen LogP contribution in [0.1, 0.15) is 11.1 Å². The van der Waals surface area contributed by atoms with Crippen LogP contribution in [0.5, 0.6) is 17.2 Å². The molecule has 152 valence electrons. The topological polar surface area (TPSA) is 114 Å². The minimum atomic E-state index is -3.10. The van der Waals surface area contributed by atoms with Crippen molar-refractivity contribution in [3.8, 4) is 17.2 Å². The Labute approximate surface area is 164 Å². The molecule has 0 unspecified atom stereocenters. The van der Waals surface area contributed by atoms with Crippen LogP contribution in [-0.4, -0.2) is 29.8 Å². The van der Waals surface area contributed by atoms with E-state index in [1.165, 1.54) is 37.4 Å². The Hall–Kier alpha value is -2.82. The second-order valence-corrected chi connectivity index (χ2v) is 6.16. The van der Waals surface area contributed by atoms with E-state index in [0.29, 0.717) is 10.6 Å². The highest BCUT2D eigenvalue weighted by Crippen LogP contribution is 2.35. The van der Waals surface area contributed by atoms with E-state index >= 15 is 0 Å². The normalized spacial score (nSPS) is 10.7. The van der Waals surface area contributed by atoms with Crippen LogP contribution in [0.25, 0.3) is 0 Å². The third-order valence-corrected chi connectivity index (χ3v) is 4.01. The quantitative estimate of drug-likeness (QED) is 0.378. The summed E-state index contributed by atoms with van der Waals surface area (Å²) in [5.41, 5.74) is 0.617. The Bertz CT molecular complexity index is 867. The van der Waals surface area contributed by atoms with E-state index in [2.05, 4.69) is 4.74 Å². The number of nitrogens with two attached hydrogens (primary N) is 2. The fourth-order valence-corrected chi connectivity index (χ4v) is 2.52. The number of phenols is 1. The van der Waals surface area contributed by atoms with Gasteiger partial charge in [0.1, 0.15) is 23.9 Å². The maximum absolute atomic E-state index is 12.8. The van der Waals surface area contributed by atoms with E-state index < -0.39 is 12.6 Å². The Morgan fingerprint density at radius 1 is 1.29 bits per heavy atom. The molecule has 0 fully saturated rings. The molecule has 0 radical (unpaired) electrons. The van der Waals surface area contributed by atoms with E-state index in [0.717, 1.165) is 5.01 Å². The summed E-state index contributed by atoms with van der Waals surface area (Å²) in [5, 5.41) is 11.2. The molecule has 5 N–H and O–H groups in total. The van der Waals surface area contributed by atoms with Crippen LogP contribution >= 0.6 is 11.6 Å². The number of aromatic hydroxyl groups is 1. The number of hydrazine groups is 2. The number of rotatable bonds is 6. The van der Waals surface area contributed by atoms with Gasteiger partial charge in [-0.1, -0.05) is 17.7 Å². The molecule has 0 aromatic heterocycles. The number of urea groups is 1. The van der Waals surface area contributed by atoms with Crippen LogP contribution < -0.4 is 26.2 Å². The minimum Gasteiger partial charge on any atom is -0.508 e. The number of phenolic OH excluding ortho intramolecular Hbond substituents is 1. The van der Waals surface area contributed by atoms with Crippen molar-refractivity contribution in [2.45, 2.75) is 20.1 Å². The first-order valence-corrected chi connectivity index (χ1v) is 8.25. The molecule has 8 nitrogen and oxygen atoms in total. The van der Waals surface area contributed by atoms with E-state index in [9.17, 15) is 18.7 Å². The number of benzene rings is 2. The Morgan fingerprint density at radius 3 is 2.57 bits per heavy atom. The van der Waals surface area contributed by atoms with Gasteiger partial charge in [0, 0.05) is 13.1 Å². The highest BCUT2D eigenvalue weighted by molar-refractivity contribution is 6.32. The maximum Gasteiger partial charge on any atom is 0.387 e. The van der Waals surface area contributed by atoms with Gasteiger partial charge in [-0.2, -0.15) is 8.78 Å². The number of alkyl halides is 2. The van der Waals surface area contributed by atoms with E-state index in [1.807, 2.05) is 0 Å². The number of anilines is 1. The number of carbonyl (C=O) groups excluding carboxylic acids is 1. The van der Waals surface area contributed by atoms with Gasteiger partial charge < -0.3 is 14.6 Å². The number of halogens is 3. The molecule has 0 saturated carbocycles. The molecule has 0 aliphatic heterocycles. The first-order chi connectivity index (χ1) is 13.1. The van der Waals surface area contributed by atoms with Crippen molar-refractivity contribution in [1.82, 2.24) is 5.01 Å². The highest BCUT2D eigenvalue weighted by atomic mass is 35.5. The van der Waals surface area contributed by atoms with Crippen LogP contribution in [0.3, 0.4) is 0 Å². The number of hydrogen-bond donors (Lipinski definition) is 3. The zero-order valence-corrected chi connectivity index (χ0v) is 15.8. The predicted octanol–water partition coefficient (Wildman–Crippen LogP) is 3.14. The molecule has 0 atom stereocenters. The number of hydrogen-bond acceptors (Lipinski definition) is 6. The minimum absolute atomic E-state index is 0.0239. The van der Waals surface area contributed by atoms with Crippen molar-refractivity contribution in [3.05, 3.63) is 46.5 Å². The first-order valence-electron chi connectivity index (χ1n) is 7.87. The van der Waals surface area contributed by atoms with Gasteiger partial charge in [-0.3, -0.25) is 5.01 Å². The van der Waals surface area contributed by atoms with Gasteiger partial charge in [0.2, 0.25) is 0 Å². The number of carbonyl (C=O) groups is 1. The van der Waals surface area contributed by atoms with Crippen LogP contribution in [0.15, 0.2) is 30.3 Å². The molecule has 0 bridgehead atoms. The van der Waals surface area contributed by atoms with Gasteiger partial charge >= 0.3 is 12.6 Å². The largest absolute Gasteiger partial charge is 0.508 e. The van der Waals surface area contributed by atoms with E-state index in [1.54, 1.807) is 6.92 Å². The third-order valence-electron chi connectivity index (χ3n) is 3.71. The summed E-state index contributed by atoms with van der Waals surface area (Å²) in [4.78, 5) is 12.1. The van der Waals surface area contributed by atoms with Crippen LogP contribution in [-0.2, 0) is 6.61 Å². The van der Waals surface area contributed by atoms with Gasteiger partial charge in [-0.05, 0) is 30.7 Å². The SMILES string of the molecule is Cc1cc(OCc2c(OC(F)F)cccc2N(N)C(=O)N(C)N)c(Cl)cc1O. The molecule has 0 heterocycles. The van der Waals surface area contributed by atoms with Crippen LogP contribution in [0.4, 0.5) is 19.3 Å². The van der Waals surface area contributed by atoms with Crippen LogP contribution in [0, 0.1) is 6.92 Å². The molecule has 2 rings (SSSR count). The van der Waals surface area contributed by atoms with Crippen molar-refractivity contribution < 1.29 is 28.2 Å². The van der Waals surface area contributed by atoms with Gasteiger partial charge in [0.25, 0.3) is 0 Å². The Morgan fingerprint density at radius 2 is 1.96 bits per heavy atom. The standard InChI is InChI=1S/C17H19ClF2N4O4/c1-9-6-15(11(18)7-13(9)25)27-8-10-12(24(22)17(26)23(2)21)4-3-5-14(10)28-16(19)20/h3-7,16,25H,8,21-22H2,1-2H3. The lowest BCUT2D eigenvalue weighted by molar-refractivity contribution is -0.0508. The molecule has 0 aliphatic carbocycles. The maximum atomic E-state index is 12.8. The fraction of sp³-hybridized carbons (Fsp3) is 0.235. The van der Waals surface area contributed by atoms with E-state index in [4.69, 9.17) is 28.0 Å². The van der Waals surface area contributed by atoms with Crippen molar-refractivity contribution >= 4 is 23.3 Å². The molecule has 28 heavy (non-hydrogen) atoms. The third kappa shape index (κ3) is 4.91. The summed E-state index contributed by atoms with van der Waals surface area (Å²) in [6.45, 7) is -1.78. The van der Waals surface area contributed by atoms with Crippen molar-refractivity contribution in [3.63, 3.8) is 0 Å². The second kappa shape index (κ2) is 8.91. The average molecular weight is 417 g/mol. The summed E-state index contributed by atoms with van der Waals surface area (Å²) in [5.74, 6) is 11.1. The zero-order valence-electron chi connectivity index (χ0n) is 15.0. The Kier molecular flexibility index (Phi) is 6.84.